The fourth-order valence-electron chi connectivity index (χ4n) is 1.75. The summed E-state index contributed by atoms with van der Waals surface area (Å²) in [4.78, 5) is 15.1. The molecule has 1 aromatic carbocycles. The van der Waals surface area contributed by atoms with Gasteiger partial charge in [-0.15, -0.1) is 0 Å². The normalized spacial score (nSPS) is 11.9. The van der Waals surface area contributed by atoms with Gasteiger partial charge in [0.05, 0.1) is 10.6 Å². The molecule has 2 aromatic rings. The van der Waals surface area contributed by atoms with E-state index in [1.807, 2.05) is 19.1 Å². The molecule has 0 fully saturated rings. The van der Waals surface area contributed by atoms with Crippen LogP contribution in [0.4, 0.5) is 5.82 Å². The molecule has 0 radical (unpaired) electrons. The van der Waals surface area contributed by atoms with Crippen molar-refractivity contribution in [3.05, 3.63) is 57.7 Å². The van der Waals surface area contributed by atoms with Crippen LogP contribution in [0.2, 0.25) is 10.0 Å². The van der Waals surface area contributed by atoms with Crippen LogP contribution in [-0.2, 0) is 0 Å². The van der Waals surface area contributed by atoms with Gasteiger partial charge in [-0.05, 0) is 30.7 Å². The van der Waals surface area contributed by atoms with Crippen molar-refractivity contribution in [1.82, 2.24) is 4.98 Å². The monoisotopic (exact) mass is 310 g/mol. The summed E-state index contributed by atoms with van der Waals surface area (Å²) in [5.74, 6) is -0.742. The maximum absolute atomic E-state index is 11.0. The Hall–Kier alpha value is -1.78. The Kier molecular flexibility index (Phi) is 4.47. The number of hydrogen-bond donors (Lipinski definition) is 2. The summed E-state index contributed by atoms with van der Waals surface area (Å²) >= 11 is 11.9. The number of carbonyl (C=O) groups is 1. The van der Waals surface area contributed by atoms with Gasteiger partial charge in [0.2, 0.25) is 0 Å². The molecule has 20 heavy (non-hydrogen) atoms. The average Bonchev–Trinajstić information content (AvgIpc) is 2.41. The van der Waals surface area contributed by atoms with Crippen LogP contribution in [0.1, 0.15) is 28.9 Å². The van der Waals surface area contributed by atoms with Gasteiger partial charge in [0.1, 0.15) is 5.82 Å². The Morgan fingerprint density at radius 3 is 2.50 bits per heavy atom. The summed E-state index contributed by atoms with van der Waals surface area (Å²) in [7, 11) is 0. The molecule has 0 aliphatic rings. The molecule has 0 bridgehead atoms. The maximum Gasteiger partial charge on any atom is 0.337 e. The zero-order valence-electron chi connectivity index (χ0n) is 10.6. The highest BCUT2D eigenvalue weighted by atomic mass is 35.5. The lowest BCUT2D eigenvalue weighted by atomic mass is 10.1. The third kappa shape index (κ3) is 3.21. The van der Waals surface area contributed by atoms with E-state index < -0.39 is 5.97 Å². The van der Waals surface area contributed by atoms with Crippen LogP contribution < -0.4 is 5.32 Å². The minimum atomic E-state index is -1.08. The van der Waals surface area contributed by atoms with Crippen molar-refractivity contribution in [2.24, 2.45) is 0 Å². The van der Waals surface area contributed by atoms with Crippen LogP contribution in [0.15, 0.2) is 36.5 Å². The number of carboxylic acids is 1. The van der Waals surface area contributed by atoms with Crippen LogP contribution in [0.25, 0.3) is 0 Å². The first-order chi connectivity index (χ1) is 9.49. The van der Waals surface area contributed by atoms with Crippen molar-refractivity contribution >= 4 is 35.0 Å². The number of hydrogen-bond acceptors (Lipinski definition) is 3. The van der Waals surface area contributed by atoms with Gasteiger partial charge in [-0.3, -0.25) is 0 Å². The number of nitrogens with one attached hydrogen (secondary N) is 1. The molecule has 1 aromatic heterocycles. The topological polar surface area (TPSA) is 62.2 Å². The Bertz CT molecular complexity index is 630. The highest BCUT2D eigenvalue weighted by Gasteiger charge is 2.15. The summed E-state index contributed by atoms with van der Waals surface area (Å²) in [5.41, 5.74) is 1.01. The smallest absolute Gasteiger partial charge is 0.337 e. The van der Waals surface area contributed by atoms with Gasteiger partial charge in [-0.2, -0.15) is 0 Å². The Labute approximate surface area is 126 Å². The molecule has 0 amide bonds. The second-order valence-electron chi connectivity index (χ2n) is 4.24. The second-order valence-corrected chi connectivity index (χ2v) is 5.06. The number of anilines is 1. The number of rotatable bonds is 4. The molecule has 6 heteroatoms. The Morgan fingerprint density at radius 1 is 1.25 bits per heavy atom. The summed E-state index contributed by atoms with van der Waals surface area (Å²) in [5, 5.41) is 12.9. The number of aromatic carboxylic acids is 1. The van der Waals surface area contributed by atoms with Gasteiger partial charge in [-0.1, -0.05) is 35.3 Å². The first kappa shape index (κ1) is 14.6. The first-order valence-corrected chi connectivity index (χ1v) is 6.64. The molecule has 0 saturated heterocycles. The lowest BCUT2D eigenvalue weighted by molar-refractivity contribution is 0.0697. The number of aromatic nitrogens is 1. The van der Waals surface area contributed by atoms with Crippen molar-refractivity contribution in [2.75, 3.05) is 5.32 Å². The molecule has 2 rings (SSSR count). The number of carboxylic acid groups (broad SMARTS) is 1. The highest BCUT2D eigenvalue weighted by Crippen LogP contribution is 2.27. The third-order valence-electron chi connectivity index (χ3n) is 2.84. The predicted octanol–water partition coefficient (Wildman–Crippen LogP) is 4.26. The molecule has 1 atom stereocenters. The van der Waals surface area contributed by atoms with Crippen LogP contribution in [-0.4, -0.2) is 16.1 Å². The van der Waals surface area contributed by atoms with Gasteiger partial charge in [0, 0.05) is 17.3 Å². The molecule has 0 aliphatic heterocycles. The number of halogens is 2. The molecule has 1 heterocycles. The summed E-state index contributed by atoms with van der Waals surface area (Å²) < 4.78 is 0. The van der Waals surface area contributed by atoms with E-state index in [-0.39, 0.29) is 16.6 Å². The van der Waals surface area contributed by atoms with Crippen LogP contribution >= 0.6 is 23.2 Å². The SMILES string of the molecule is CC(Nc1nccc(C(=O)O)c1Cl)c1ccc(Cl)cc1. The highest BCUT2D eigenvalue weighted by molar-refractivity contribution is 6.35. The van der Waals surface area contributed by atoms with E-state index in [0.29, 0.717) is 10.8 Å². The van der Waals surface area contributed by atoms with E-state index in [0.717, 1.165) is 5.56 Å². The fraction of sp³-hybridized carbons (Fsp3) is 0.143. The van der Waals surface area contributed by atoms with Gasteiger partial charge >= 0.3 is 5.97 Å². The first-order valence-electron chi connectivity index (χ1n) is 5.89. The molecular weight excluding hydrogens is 299 g/mol. The number of nitrogens with zero attached hydrogens (tertiary/aromatic N) is 1. The van der Waals surface area contributed by atoms with E-state index in [2.05, 4.69) is 10.3 Å². The summed E-state index contributed by atoms with van der Waals surface area (Å²) in [6.45, 7) is 1.93. The van der Waals surface area contributed by atoms with Gasteiger partial charge in [-0.25, -0.2) is 9.78 Å². The zero-order valence-corrected chi connectivity index (χ0v) is 12.1. The molecule has 0 aliphatic carbocycles. The average molecular weight is 311 g/mol. The van der Waals surface area contributed by atoms with Gasteiger partial charge < -0.3 is 10.4 Å². The Balaban J connectivity index is 2.23. The minimum absolute atomic E-state index is 0.0208. The van der Waals surface area contributed by atoms with Crippen molar-refractivity contribution in [3.63, 3.8) is 0 Å². The lowest BCUT2D eigenvalue weighted by Gasteiger charge is -2.16. The van der Waals surface area contributed by atoms with Crippen LogP contribution in [0, 0.1) is 0 Å². The van der Waals surface area contributed by atoms with Crippen molar-refractivity contribution in [3.8, 4) is 0 Å². The summed E-state index contributed by atoms with van der Waals surface area (Å²) in [6.07, 6.45) is 1.41. The molecule has 1 unspecified atom stereocenters. The third-order valence-corrected chi connectivity index (χ3v) is 3.48. The zero-order chi connectivity index (χ0) is 14.7. The molecule has 0 saturated carbocycles. The van der Waals surface area contributed by atoms with E-state index in [1.54, 1.807) is 12.1 Å². The van der Waals surface area contributed by atoms with Crippen molar-refractivity contribution in [1.29, 1.82) is 0 Å². The van der Waals surface area contributed by atoms with Crippen molar-refractivity contribution < 1.29 is 9.90 Å². The number of benzene rings is 1. The van der Waals surface area contributed by atoms with E-state index in [4.69, 9.17) is 28.3 Å². The van der Waals surface area contributed by atoms with Crippen LogP contribution in [0.5, 0.6) is 0 Å². The molecule has 4 nitrogen and oxygen atoms in total. The minimum Gasteiger partial charge on any atom is -0.478 e. The van der Waals surface area contributed by atoms with Crippen LogP contribution in [0.3, 0.4) is 0 Å². The van der Waals surface area contributed by atoms with Gasteiger partial charge in [0.15, 0.2) is 0 Å². The predicted molar refractivity (Wildman–Crippen MR) is 79.7 cm³/mol. The largest absolute Gasteiger partial charge is 0.478 e. The lowest BCUT2D eigenvalue weighted by Crippen LogP contribution is -2.10. The molecule has 2 N–H and O–H groups in total. The summed E-state index contributed by atoms with van der Waals surface area (Å²) in [6, 6.07) is 8.63. The Morgan fingerprint density at radius 2 is 1.90 bits per heavy atom. The van der Waals surface area contributed by atoms with Gasteiger partial charge in [0.25, 0.3) is 0 Å². The van der Waals surface area contributed by atoms with E-state index in [9.17, 15) is 4.79 Å². The second kappa shape index (κ2) is 6.11. The van der Waals surface area contributed by atoms with E-state index in [1.165, 1.54) is 12.3 Å². The quantitative estimate of drug-likeness (QED) is 0.885. The van der Waals surface area contributed by atoms with Crippen molar-refractivity contribution in [2.45, 2.75) is 13.0 Å². The van der Waals surface area contributed by atoms with E-state index >= 15 is 0 Å². The molecule has 0 spiro atoms. The fourth-order valence-corrected chi connectivity index (χ4v) is 2.12. The number of pyridine rings is 1. The molecular formula is C14H12Cl2N2O2. The molecule has 104 valence electrons. The maximum atomic E-state index is 11.0. The standard InChI is InChI=1S/C14H12Cl2N2O2/c1-8(9-2-4-10(15)5-3-9)18-13-12(16)11(14(19)20)6-7-17-13/h2-8H,1H3,(H,17,18)(H,19,20).